The third kappa shape index (κ3) is 20.7. The molecule has 20 aromatic rings. The van der Waals surface area contributed by atoms with Crippen molar-refractivity contribution in [3.63, 3.8) is 0 Å². The van der Waals surface area contributed by atoms with Crippen LogP contribution in [0.1, 0.15) is 181 Å². The van der Waals surface area contributed by atoms with Crippen LogP contribution in [0.5, 0.6) is 0 Å². The molecule has 7 aromatic heterocycles. The fraction of sp³-hybridized carbons (Fsp3) is 0.172. The number of allylic oxidation sites excluding steroid dienone is 1. The van der Waals surface area contributed by atoms with E-state index in [1.807, 2.05) is 84.9 Å². The Hall–Kier alpha value is -15.4. The Morgan fingerprint density at radius 2 is 0.926 bits per heavy atom. The maximum Gasteiger partial charge on any atom is 2.00 e. The monoisotopic (exact) mass is 2290 g/mol. The molecule has 0 unspecified atom stereocenters. The molecule has 0 fully saturated rings. The zero-order valence-electron chi connectivity index (χ0n) is 86.0. The van der Waals surface area contributed by atoms with E-state index in [9.17, 15) is 14.3 Å². The number of rotatable bonds is 10. The second kappa shape index (κ2) is 42.6. The van der Waals surface area contributed by atoms with Crippen molar-refractivity contribution in [2.45, 2.75) is 151 Å². The zero-order chi connectivity index (χ0) is 102. The molecular formula is C134H117FIrN8O3Pt+2. The number of aryl methyl sites for hydroxylation is 4. The molecule has 148 heavy (non-hydrogen) atoms. The van der Waals surface area contributed by atoms with Crippen LogP contribution >= 0.6 is 0 Å². The number of hydrogen-bond acceptors (Lipinski definition) is 8. The fourth-order valence-electron chi connectivity index (χ4n) is 20.8. The molecule has 1 N–H and O–H groups in total. The van der Waals surface area contributed by atoms with Crippen molar-refractivity contribution in [3.05, 3.63) is 519 Å². The van der Waals surface area contributed by atoms with E-state index in [0.29, 0.717) is 28.5 Å². The van der Waals surface area contributed by atoms with Crippen LogP contribution in [0.4, 0.5) is 4.39 Å². The van der Waals surface area contributed by atoms with Crippen molar-refractivity contribution in [1.82, 2.24) is 25.1 Å². The fourth-order valence-corrected chi connectivity index (χ4v) is 20.8. The van der Waals surface area contributed by atoms with Crippen molar-refractivity contribution in [1.29, 1.82) is 0 Å². The summed E-state index contributed by atoms with van der Waals surface area (Å²) in [7, 11) is 0. The van der Waals surface area contributed by atoms with Gasteiger partial charge in [-0.05, 0) is 217 Å². The van der Waals surface area contributed by atoms with Crippen LogP contribution in [-0.2, 0) is 87.9 Å². The number of fused-ring (bicyclic) bond motifs is 14. The van der Waals surface area contributed by atoms with Gasteiger partial charge in [-0.15, -0.1) is 106 Å². The van der Waals surface area contributed by atoms with Gasteiger partial charge in [0.1, 0.15) is 11.2 Å². The second-order valence-corrected chi connectivity index (χ2v) is 42.1. The van der Waals surface area contributed by atoms with Gasteiger partial charge in [0, 0.05) is 113 Å². The topological polar surface area (TPSA) is 127 Å². The second-order valence-electron chi connectivity index (χ2n) is 42.1. The summed E-state index contributed by atoms with van der Waals surface area (Å²) in [5.41, 5.74) is 40.0. The Morgan fingerprint density at radius 1 is 0.426 bits per heavy atom. The molecule has 13 aromatic carbocycles. The molecule has 0 bridgehead atoms. The molecule has 10 heterocycles. The molecule has 3 aliphatic heterocycles. The van der Waals surface area contributed by atoms with Crippen LogP contribution < -0.4 is 13.7 Å². The first kappa shape index (κ1) is 103. The molecule has 0 spiro atoms. The maximum atomic E-state index is 14.4. The van der Waals surface area contributed by atoms with Gasteiger partial charge >= 0.3 is 21.1 Å². The molecule has 735 valence electrons. The smallest absolute Gasteiger partial charge is 0.507 e. The molecule has 5 aliphatic rings. The van der Waals surface area contributed by atoms with E-state index < -0.39 is 5.41 Å². The number of aliphatic hydroxyl groups is 1. The van der Waals surface area contributed by atoms with E-state index in [4.69, 9.17) is 14.4 Å². The molecule has 11 nitrogen and oxygen atoms in total. The zero-order valence-corrected chi connectivity index (χ0v) is 90.7. The number of carbonyl (C=O) groups is 1. The van der Waals surface area contributed by atoms with Crippen molar-refractivity contribution >= 4 is 22.3 Å². The first-order valence-electron chi connectivity index (χ1n) is 50.1. The van der Waals surface area contributed by atoms with Gasteiger partial charge in [0.25, 0.3) is 0 Å². The Kier molecular flexibility index (Phi) is 29.5. The van der Waals surface area contributed by atoms with Crippen molar-refractivity contribution in [2.24, 2.45) is 0 Å². The average molecular weight is 2290 g/mol. The minimum Gasteiger partial charge on any atom is -0.507 e. The van der Waals surface area contributed by atoms with E-state index in [-0.39, 0.29) is 80.2 Å². The van der Waals surface area contributed by atoms with E-state index in [2.05, 4.69) is 400 Å². The predicted molar refractivity (Wildman–Crippen MR) is 587 cm³/mol. The van der Waals surface area contributed by atoms with E-state index >= 15 is 0 Å². The quantitative estimate of drug-likeness (QED) is 0.0472. The summed E-state index contributed by atoms with van der Waals surface area (Å²) in [6, 6.07) is 134. The third-order valence-corrected chi connectivity index (χ3v) is 28.7. The number of aliphatic hydroxyl groups excluding tert-OH is 1. The Morgan fingerprint density at radius 3 is 1.50 bits per heavy atom. The number of pyridine rings is 6. The molecule has 2 aliphatic carbocycles. The van der Waals surface area contributed by atoms with Gasteiger partial charge in [0.15, 0.2) is 44.0 Å². The molecule has 0 atom stereocenters. The summed E-state index contributed by atoms with van der Waals surface area (Å²) in [4.78, 5) is 27.2. The molecular weight excluding hydrogens is 2180 g/mol. The molecule has 25 rings (SSSR count). The van der Waals surface area contributed by atoms with Gasteiger partial charge in [-0.3, -0.25) is 14.8 Å². The maximum absolute atomic E-state index is 14.4. The van der Waals surface area contributed by atoms with Gasteiger partial charge in [-0.1, -0.05) is 288 Å². The summed E-state index contributed by atoms with van der Waals surface area (Å²) < 4.78 is 27.3. The van der Waals surface area contributed by atoms with E-state index in [1.165, 1.54) is 135 Å². The summed E-state index contributed by atoms with van der Waals surface area (Å²) in [5.74, 6) is 0.696. The number of halogens is 1. The van der Waals surface area contributed by atoms with Gasteiger partial charge in [-0.25, -0.2) is 4.39 Å². The van der Waals surface area contributed by atoms with Gasteiger partial charge in [-0.2, -0.15) is 13.7 Å². The van der Waals surface area contributed by atoms with E-state index in [0.717, 1.165) is 92.3 Å². The number of hydrogen-bond donors (Lipinski definition) is 1. The normalized spacial score (nSPS) is 12.9. The van der Waals surface area contributed by atoms with Crippen molar-refractivity contribution < 1.29 is 73.6 Å². The summed E-state index contributed by atoms with van der Waals surface area (Å²) in [6.45, 7) is 36.0. The summed E-state index contributed by atoms with van der Waals surface area (Å²) in [5, 5.41) is 20.6. The number of nitrogens with zero attached hydrogens (tertiary/aromatic N) is 8. The first-order chi connectivity index (χ1) is 70.4. The number of benzene rings is 13. The summed E-state index contributed by atoms with van der Waals surface area (Å²) in [6.07, 6.45) is 9.53. The minimum atomic E-state index is -0.747. The van der Waals surface area contributed by atoms with Gasteiger partial charge < -0.3 is 14.5 Å². The largest absolute Gasteiger partial charge is 2.00 e. The average Bonchev–Trinajstić information content (AvgIpc) is 1.52. The first-order valence-corrected chi connectivity index (χ1v) is 50.1. The summed E-state index contributed by atoms with van der Waals surface area (Å²) >= 11 is 0. The van der Waals surface area contributed by atoms with Crippen molar-refractivity contribution in [3.8, 4) is 113 Å². The van der Waals surface area contributed by atoms with Crippen LogP contribution in [0.15, 0.2) is 399 Å². The van der Waals surface area contributed by atoms with Crippen molar-refractivity contribution in [2.75, 3.05) is 0 Å². The number of carbonyl (C=O) groups excluding carboxylic acids is 1. The van der Waals surface area contributed by atoms with Crippen LogP contribution in [-0.4, -0.2) is 36.0 Å². The van der Waals surface area contributed by atoms with Crippen LogP contribution in [0.3, 0.4) is 0 Å². The minimum absolute atomic E-state index is 0. The Bertz CT molecular complexity index is 8240. The van der Waals surface area contributed by atoms with Gasteiger partial charge in [0.2, 0.25) is 28.9 Å². The number of ketones is 1. The Balaban J connectivity index is 0.000000121. The molecule has 0 saturated carbocycles. The molecule has 1 radical (unpaired) electrons. The molecule has 0 saturated heterocycles. The van der Waals surface area contributed by atoms with Crippen LogP contribution in [0.25, 0.3) is 129 Å². The standard InChI is InChI=1S/C43H38N2.C24H22N3O.C20H18N.C18H13FN.C15H12O2.C14H14N.Ir.Pt/c1-41(2,3)31-23-25-33-34-26-24-32(42(4,5)6)28-36(34)43(35(33)27-31,39-21-13-19-37(44-39)29-15-9-7-10-16-29)40-22-14-20-38(45-40)30-17-11-8-12-18-30;1-24(2,3)19-11-9-16(10-12-19)22-25-26-23(28-22)17-7-8-18-15-27-13-5-4-6-21(27)20(18)14-17;1-14-6-7-16(11-15(14)2)17-8-9-18-13-21-10-4-3-5-20(21)19(18)12-17;1-18(2)13-7-3-5-11-9-10-20-17(15(11)13)12-6-4-8-14(19)16(12)18;16-14(12-7-3-1-4-8-12)11-15(17)13-9-5-2-6-10-13;1-10-7-11(2)14-13-6-4-3-5-12(13)9-15(14)8-10;;/h7-15,17,19-28H,1-6H3;4-14H,15H2,1-3H3;3-12H,13H2,1-2H3;3-5,7-10H,1-2H3;1-11,16H;3-8H,9H2,1-2H3;;/q-2;2*+1;-1;;+1;;+2. The van der Waals surface area contributed by atoms with E-state index in [1.54, 1.807) is 48.7 Å². The number of aromatic nitrogens is 8. The van der Waals surface area contributed by atoms with Crippen LogP contribution in [0.2, 0.25) is 0 Å². The molecule has 14 heteroatoms. The Labute approximate surface area is 896 Å². The van der Waals surface area contributed by atoms with Crippen LogP contribution in [0, 0.1) is 51.7 Å². The molecule has 0 amide bonds. The SMILES string of the molecule is CC(C)(C)c1ccc(-c2nnc(-c3ccc4c(c3)-c3cccc[n+]3C4)o2)cc1.CC(C)(C)c1ccc2c(c1)C(c1cccc(-c3[c-]cccc3)n1)(c1cccc(-c3[c-]cccc3)n1)c1cc(C(C)(C)C)ccc1-2.CC1(C)c2c([c-]ccc2F)-c2nccc3cccc1c23.Cc1cc(C)c2[n+](c1)Cc1ccccc1-2.Cc1ccc(-c2ccc3c(c2)-c2cccc[n+]2C3)cc1C.O=C(C=C(O)c1ccccc1)c1ccccc1.[Ir].[Pt+2]. The van der Waals surface area contributed by atoms with Gasteiger partial charge in [0.05, 0.1) is 28.1 Å². The predicted octanol–water partition coefficient (Wildman–Crippen LogP) is 30.2. The third-order valence-electron chi connectivity index (χ3n) is 28.7.